The van der Waals surface area contributed by atoms with Crippen LogP contribution in [0.1, 0.15) is 29.0 Å². The summed E-state index contributed by atoms with van der Waals surface area (Å²) in [5, 5.41) is 10.7. The van der Waals surface area contributed by atoms with Crippen LogP contribution in [0, 0.1) is 5.92 Å². The van der Waals surface area contributed by atoms with Crippen LogP contribution in [-0.2, 0) is 15.7 Å². The molecule has 1 saturated heterocycles. The van der Waals surface area contributed by atoms with Gasteiger partial charge in [0.05, 0.1) is 5.92 Å². The fraction of sp³-hybridized carbons (Fsp3) is 0.381. The number of ketones is 1. The van der Waals surface area contributed by atoms with Crippen molar-refractivity contribution >= 4 is 35.0 Å². The maximum Gasteiger partial charge on any atom is 0.453 e. The third kappa shape index (κ3) is 5.10. The van der Waals surface area contributed by atoms with Crippen LogP contribution >= 0.6 is 11.8 Å². The van der Waals surface area contributed by atoms with Gasteiger partial charge in [-0.05, 0) is 43.4 Å². The summed E-state index contributed by atoms with van der Waals surface area (Å²) in [6.45, 7) is 0.488. The van der Waals surface area contributed by atoms with Gasteiger partial charge in [0.25, 0.3) is 5.82 Å². The third-order valence-electron chi connectivity index (χ3n) is 5.41. The molecule has 8 nitrogen and oxygen atoms in total. The Balaban J connectivity index is 1.32. The van der Waals surface area contributed by atoms with E-state index in [9.17, 15) is 22.8 Å². The van der Waals surface area contributed by atoms with Crippen LogP contribution in [0.25, 0.3) is 5.65 Å². The van der Waals surface area contributed by atoms with Gasteiger partial charge in [0.2, 0.25) is 0 Å². The molecule has 1 aliphatic heterocycles. The molecule has 0 aliphatic carbocycles. The lowest BCUT2D eigenvalue weighted by molar-refractivity contribution is -0.148. The van der Waals surface area contributed by atoms with Gasteiger partial charge in [-0.2, -0.15) is 17.7 Å². The predicted octanol–water partition coefficient (Wildman–Crippen LogP) is 3.51. The summed E-state index contributed by atoms with van der Waals surface area (Å²) in [6.07, 6.45) is -1.86. The zero-order valence-electron chi connectivity index (χ0n) is 17.6. The van der Waals surface area contributed by atoms with Crippen molar-refractivity contribution in [2.45, 2.75) is 23.9 Å². The van der Waals surface area contributed by atoms with Crippen LogP contribution in [0.15, 0.2) is 41.3 Å². The molecular formula is C21H20F3N5O3S. The van der Waals surface area contributed by atoms with Gasteiger partial charge in [-0.3, -0.25) is 9.59 Å². The van der Waals surface area contributed by atoms with Gasteiger partial charge < -0.3 is 9.64 Å². The van der Waals surface area contributed by atoms with Gasteiger partial charge in [-0.1, -0.05) is 12.1 Å². The molecule has 0 saturated carbocycles. The number of alkyl halides is 3. The molecule has 12 heteroatoms. The van der Waals surface area contributed by atoms with Crippen molar-refractivity contribution in [3.05, 3.63) is 47.8 Å². The van der Waals surface area contributed by atoms with Crippen molar-refractivity contribution in [1.82, 2.24) is 19.8 Å². The van der Waals surface area contributed by atoms with Gasteiger partial charge in [-0.15, -0.1) is 27.1 Å². The first kappa shape index (κ1) is 23.0. The number of Topliss-reactive ketones (excluding diaryl/α,β-unsaturated/α-hetero) is 1. The zero-order valence-corrected chi connectivity index (χ0v) is 18.4. The Morgan fingerprint density at radius 2 is 1.79 bits per heavy atom. The molecule has 4 rings (SSSR count). The summed E-state index contributed by atoms with van der Waals surface area (Å²) < 4.78 is 45.1. The highest BCUT2D eigenvalue weighted by molar-refractivity contribution is 7.98. The van der Waals surface area contributed by atoms with E-state index in [1.165, 1.54) is 6.07 Å². The first-order valence-corrected chi connectivity index (χ1v) is 11.4. The number of esters is 1. The fourth-order valence-electron chi connectivity index (χ4n) is 3.58. The summed E-state index contributed by atoms with van der Waals surface area (Å²) >= 11 is 1.56. The number of aromatic nitrogens is 4. The number of carbonyl (C=O) groups is 2. The number of anilines is 1. The lowest BCUT2D eigenvalue weighted by Gasteiger charge is -2.31. The molecule has 0 amide bonds. The average molecular weight is 479 g/mol. The molecule has 0 spiro atoms. The third-order valence-corrected chi connectivity index (χ3v) is 6.16. The topological polar surface area (TPSA) is 89.7 Å². The summed E-state index contributed by atoms with van der Waals surface area (Å²) in [7, 11) is 0. The van der Waals surface area contributed by atoms with Crippen molar-refractivity contribution in [3.63, 3.8) is 0 Å². The van der Waals surface area contributed by atoms with Crippen molar-refractivity contribution in [3.8, 4) is 0 Å². The Morgan fingerprint density at radius 1 is 1.09 bits per heavy atom. The van der Waals surface area contributed by atoms with Crippen LogP contribution in [0.2, 0.25) is 0 Å². The summed E-state index contributed by atoms with van der Waals surface area (Å²) in [6, 6.07) is 10.1. The van der Waals surface area contributed by atoms with Crippen LogP contribution in [0.3, 0.4) is 0 Å². The minimum Gasteiger partial charge on any atom is -0.457 e. The molecule has 0 bridgehead atoms. The van der Waals surface area contributed by atoms with Crippen LogP contribution in [0.4, 0.5) is 19.0 Å². The number of ether oxygens (including phenoxy) is 1. The molecule has 0 atom stereocenters. The highest BCUT2D eigenvalue weighted by Gasteiger charge is 2.38. The molecule has 1 aliphatic rings. The van der Waals surface area contributed by atoms with Crippen LogP contribution in [-0.4, -0.2) is 57.5 Å². The minimum absolute atomic E-state index is 0.00251. The van der Waals surface area contributed by atoms with E-state index in [1.807, 2.05) is 18.4 Å². The quantitative estimate of drug-likeness (QED) is 0.302. The predicted molar refractivity (Wildman–Crippen MR) is 114 cm³/mol. The summed E-state index contributed by atoms with van der Waals surface area (Å²) in [5.41, 5.74) is 0.474. The Morgan fingerprint density at radius 3 is 2.42 bits per heavy atom. The Bertz CT molecular complexity index is 1160. The van der Waals surface area contributed by atoms with E-state index in [4.69, 9.17) is 4.74 Å². The highest BCUT2D eigenvalue weighted by Crippen LogP contribution is 2.29. The number of thioether (sulfide) groups is 1. The second-order valence-electron chi connectivity index (χ2n) is 7.50. The van der Waals surface area contributed by atoms with Crippen molar-refractivity contribution < 1.29 is 27.5 Å². The largest absolute Gasteiger partial charge is 0.457 e. The SMILES string of the molecule is CSc1ccc(C(=O)COC(=O)C2CCN(c3ccc4nnc(C(F)(F)F)n4n3)CC2)cc1. The fourth-order valence-corrected chi connectivity index (χ4v) is 3.99. The number of hydrogen-bond donors (Lipinski definition) is 0. The van der Waals surface area contributed by atoms with Gasteiger partial charge in [0, 0.05) is 23.5 Å². The summed E-state index contributed by atoms with van der Waals surface area (Å²) in [5.74, 6) is -1.97. The lowest BCUT2D eigenvalue weighted by Crippen LogP contribution is -2.38. The summed E-state index contributed by atoms with van der Waals surface area (Å²) in [4.78, 5) is 27.5. The average Bonchev–Trinajstić information content (AvgIpc) is 3.26. The van der Waals surface area contributed by atoms with Gasteiger partial charge in [0.15, 0.2) is 18.0 Å². The zero-order chi connectivity index (χ0) is 23.6. The van der Waals surface area contributed by atoms with E-state index in [1.54, 1.807) is 34.9 Å². The van der Waals surface area contributed by atoms with Gasteiger partial charge in [0.1, 0.15) is 5.82 Å². The molecule has 2 aromatic heterocycles. The number of benzene rings is 1. The minimum atomic E-state index is -4.67. The van der Waals surface area contributed by atoms with Crippen molar-refractivity contribution in [1.29, 1.82) is 0 Å². The monoisotopic (exact) mass is 479 g/mol. The van der Waals surface area contributed by atoms with E-state index in [2.05, 4.69) is 15.3 Å². The molecule has 0 radical (unpaired) electrons. The van der Waals surface area contributed by atoms with Crippen molar-refractivity contribution in [2.24, 2.45) is 5.92 Å². The van der Waals surface area contributed by atoms with E-state index < -0.39 is 23.9 Å². The standard InChI is InChI=1S/C21H20F3N5O3S/c1-33-15-4-2-13(3-5-15)16(30)12-32-19(31)14-8-10-28(11-9-14)18-7-6-17-25-26-20(21(22,23)24)29(17)27-18/h2-7,14H,8-12H2,1H3. The number of rotatable bonds is 6. The normalized spacial score (nSPS) is 15.1. The molecule has 33 heavy (non-hydrogen) atoms. The van der Waals surface area contributed by atoms with E-state index in [0.29, 0.717) is 41.8 Å². The molecule has 3 aromatic rings. The van der Waals surface area contributed by atoms with Crippen LogP contribution < -0.4 is 4.90 Å². The smallest absolute Gasteiger partial charge is 0.453 e. The number of piperidine rings is 1. The molecule has 174 valence electrons. The lowest BCUT2D eigenvalue weighted by atomic mass is 9.97. The number of halogens is 3. The van der Waals surface area contributed by atoms with E-state index in [0.717, 1.165) is 4.90 Å². The Kier molecular flexibility index (Phi) is 6.54. The second kappa shape index (κ2) is 9.38. The first-order valence-electron chi connectivity index (χ1n) is 10.1. The number of fused-ring (bicyclic) bond motifs is 1. The number of nitrogens with zero attached hydrogens (tertiary/aromatic N) is 5. The molecule has 0 N–H and O–H groups in total. The first-order chi connectivity index (χ1) is 15.8. The number of carbonyl (C=O) groups excluding carboxylic acids is 2. The Hall–Kier alpha value is -3.15. The van der Waals surface area contributed by atoms with E-state index in [-0.39, 0.29) is 18.0 Å². The Labute approximate surface area is 191 Å². The van der Waals surface area contributed by atoms with Gasteiger partial charge in [-0.25, -0.2) is 0 Å². The number of hydrogen-bond acceptors (Lipinski definition) is 8. The van der Waals surface area contributed by atoms with Crippen molar-refractivity contribution in [2.75, 3.05) is 30.9 Å². The maximum atomic E-state index is 13.1. The van der Waals surface area contributed by atoms with E-state index >= 15 is 0 Å². The molecule has 3 heterocycles. The highest BCUT2D eigenvalue weighted by atomic mass is 32.2. The van der Waals surface area contributed by atoms with Gasteiger partial charge >= 0.3 is 12.1 Å². The second-order valence-corrected chi connectivity index (χ2v) is 8.38. The molecule has 1 aromatic carbocycles. The molecular weight excluding hydrogens is 459 g/mol. The molecule has 1 fully saturated rings. The maximum absolute atomic E-state index is 13.1. The van der Waals surface area contributed by atoms with Crippen LogP contribution in [0.5, 0.6) is 0 Å². The molecule has 0 unspecified atom stereocenters.